The van der Waals surface area contributed by atoms with Crippen molar-refractivity contribution in [3.63, 3.8) is 0 Å². The fourth-order valence-electron chi connectivity index (χ4n) is 4.82. The van der Waals surface area contributed by atoms with E-state index in [1.807, 2.05) is 12.1 Å². The van der Waals surface area contributed by atoms with Crippen LogP contribution in [0.5, 0.6) is 5.88 Å². The second-order valence-electron chi connectivity index (χ2n) is 8.38. The number of nitrogen functional groups attached to an aromatic ring is 1. The van der Waals surface area contributed by atoms with Crippen LogP contribution in [0.25, 0.3) is 32.1 Å². The predicted molar refractivity (Wildman–Crippen MR) is 130 cm³/mol. The number of pyridine rings is 1. The molecule has 172 valence electrons. The normalized spacial score (nSPS) is 17.4. The summed E-state index contributed by atoms with van der Waals surface area (Å²) < 4.78 is 32.3. The Hall–Kier alpha value is -2.96. The number of nitrogens with zero attached hydrogens (tertiary/aromatic N) is 2. The number of nitrogens with two attached hydrogens (primary N) is 1. The summed E-state index contributed by atoms with van der Waals surface area (Å²) in [5, 5.41) is 11.8. The zero-order valence-corrected chi connectivity index (χ0v) is 19.6. The number of fused-ring (bicyclic) bond motifs is 4. The highest BCUT2D eigenvalue weighted by Gasteiger charge is 2.28. The molecule has 2 aliphatic heterocycles. The van der Waals surface area contributed by atoms with E-state index in [1.165, 1.54) is 6.07 Å². The maximum absolute atomic E-state index is 14.7. The molecule has 1 atom stereocenters. The number of nitriles is 1. The van der Waals surface area contributed by atoms with Crippen molar-refractivity contribution in [3.8, 4) is 23.1 Å². The maximum atomic E-state index is 14.7. The van der Waals surface area contributed by atoms with E-state index in [2.05, 4.69) is 6.07 Å². The average Bonchev–Trinajstić information content (AvgIpc) is 3.59. The Morgan fingerprint density at radius 3 is 2.91 bits per heavy atom. The molecule has 0 amide bonds. The molecule has 34 heavy (non-hydrogen) atoms. The summed E-state index contributed by atoms with van der Waals surface area (Å²) >= 11 is 8.06. The standard InChI is InChI=1S/C25H19ClFN3O3S/c26-22-20(14-3-5-18(27)24-21(14)15(8-28)25(29)34-24)17-11-31-10-16(17)13-4-6-19(30-23(13)22)33-9-12-2-1-7-32-12/h3-6,12H,1-2,7,9-11,29H2/t12-/m1/s1. The third kappa shape index (κ3) is 3.31. The van der Waals surface area contributed by atoms with E-state index in [-0.39, 0.29) is 16.7 Å². The molecule has 2 aromatic heterocycles. The first-order chi connectivity index (χ1) is 16.6. The molecule has 2 aliphatic rings. The lowest BCUT2D eigenvalue weighted by molar-refractivity contribution is 0.0664. The lowest BCUT2D eigenvalue weighted by Gasteiger charge is -2.16. The molecule has 4 aromatic rings. The van der Waals surface area contributed by atoms with Crippen LogP contribution < -0.4 is 10.5 Å². The van der Waals surface area contributed by atoms with Crippen LogP contribution in [0.1, 0.15) is 29.5 Å². The van der Waals surface area contributed by atoms with Crippen LogP contribution in [0, 0.1) is 17.1 Å². The molecule has 0 saturated carbocycles. The van der Waals surface area contributed by atoms with Crippen LogP contribution in [-0.4, -0.2) is 24.3 Å². The number of hydrogen-bond acceptors (Lipinski definition) is 7. The summed E-state index contributed by atoms with van der Waals surface area (Å²) in [4.78, 5) is 4.72. The molecular formula is C25H19ClFN3O3S. The molecule has 6 nitrogen and oxygen atoms in total. The molecule has 2 aromatic carbocycles. The van der Waals surface area contributed by atoms with Crippen molar-refractivity contribution in [1.29, 1.82) is 5.26 Å². The first-order valence-corrected chi connectivity index (χ1v) is 12.1. The van der Waals surface area contributed by atoms with Gasteiger partial charge in [0.2, 0.25) is 5.88 Å². The quantitative estimate of drug-likeness (QED) is 0.376. The Morgan fingerprint density at radius 1 is 1.26 bits per heavy atom. The summed E-state index contributed by atoms with van der Waals surface area (Å²) in [6, 6.07) is 8.93. The Balaban J connectivity index is 1.56. The van der Waals surface area contributed by atoms with Crippen LogP contribution in [0.2, 0.25) is 5.02 Å². The van der Waals surface area contributed by atoms with Gasteiger partial charge in [-0.25, -0.2) is 9.37 Å². The van der Waals surface area contributed by atoms with Gasteiger partial charge in [-0.2, -0.15) is 5.26 Å². The van der Waals surface area contributed by atoms with Gasteiger partial charge in [0.05, 0.1) is 40.1 Å². The van der Waals surface area contributed by atoms with Crippen LogP contribution >= 0.6 is 22.9 Å². The van der Waals surface area contributed by atoms with Gasteiger partial charge in [-0.05, 0) is 41.7 Å². The van der Waals surface area contributed by atoms with Crippen molar-refractivity contribution in [3.05, 3.63) is 51.8 Å². The van der Waals surface area contributed by atoms with Crippen LogP contribution in [-0.2, 0) is 22.7 Å². The Labute approximate surface area is 203 Å². The van der Waals surface area contributed by atoms with Crippen molar-refractivity contribution in [2.24, 2.45) is 0 Å². The van der Waals surface area contributed by atoms with Gasteiger partial charge in [-0.1, -0.05) is 17.7 Å². The number of halogens is 2. The summed E-state index contributed by atoms with van der Waals surface area (Å²) in [6.07, 6.45) is 2.07. The number of ether oxygens (including phenoxy) is 3. The fraction of sp³-hybridized carbons (Fsp3) is 0.280. The van der Waals surface area contributed by atoms with Crippen molar-refractivity contribution < 1.29 is 18.6 Å². The van der Waals surface area contributed by atoms with E-state index in [0.717, 1.165) is 47.3 Å². The monoisotopic (exact) mass is 495 g/mol. The molecule has 0 unspecified atom stereocenters. The van der Waals surface area contributed by atoms with E-state index >= 15 is 0 Å². The topological polar surface area (TPSA) is 90.4 Å². The molecule has 0 radical (unpaired) electrons. The maximum Gasteiger partial charge on any atom is 0.213 e. The van der Waals surface area contributed by atoms with Gasteiger partial charge >= 0.3 is 0 Å². The number of aromatic nitrogens is 1. The predicted octanol–water partition coefficient (Wildman–Crippen LogP) is 5.95. The van der Waals surface area contributed by atoms with Crippen molar-refractivity contribution in [2.45, 2.75) is 32.2 Å². The molecule has 0 bridgehead atoms. The van der Waals surface area contributed by atoms with Crippen LogP contribution in [0.3, 0.4) is 0 Å². The van der Waals surface area contributed by atoms with E-state index in [1.54, 1.807) is 6.07 Å². The SMILES string of the molecule is N#Cc1c(N)sc2c(F)ccc(-c3c4c(c5ccc(OC[C@H]6CCCO6)nc5c3Cl)COC4)c12. The molecule has 0 spiro atoms. The second kappa shape index (κ2) is 8.36. The minimum atomic E-state index is -0.426. The second-order valence-corrected chi connectivity index (χ2v) is 9.81. The molecule has 6 rings (SSSR count). The van der Waals surface area contributed by atoms with Crippen molar-refractivity contribution >= 4 is 48.9 Å². The van der Waals surface area contributed by atoms with Gasteiger partial charge in [0.25, 0.3) is 0 Å². The van der Waals surface area contributed by atoms with Crippen LogP contribution in [0.15, 0.2) is 24.3 Å². The smallest absolute Gasteiger partial charge is 0.213 e. The van der Waals surface area contributed by atoms with E-state index in [4.69, 9.17) is 36.5 Å². The average molecular weight is 496 g/mol. The van der Waals surface area contributed by atoms with Crippen LogP contribution in [0.4, 0.5) is 9.39 Å². The molecule has 2 N–H and O–H groups in total. The lowest BCUT2D eigenvalue weighted by atomic mass is 9.91. The Kier molecular flexibility index (Phi) is 5.30. The van der Waals surface area contributed by atoms with Crippen molar-refractivity contribution in [2.75, 3.05) is 18.9 Å². The Morgan fingerprint density at radius 2 is 2.12 bits per heavy atom. The summed E-state index contributed by atoms with van der Waals surface area (Å²) in [5.41, 5.74) is 10.1. The zero-order chi connectivity index (χ0) is 23.4. The number of benzene rings is 2. The minimum Gasteiger partial charge on any atom is -0.475 e. The lowest BCUT2D eigenvalue weighted by Crippen LogP contribution is -2.16. The molecule has 1 saturated heterocycles. The number of rotatable bonds is 4. The number of thiophene rings is 1. The van der Waals surface area contributed by atoms with Gasteiger partial charge in [-0.15, -0.1) is 11.3 Å². The highest BCUT2D eigenvalue weighted by atomic mass is 35.5. The summed E-state index contributed by atoms with van der Waals surface area (Å²) in [6.45, 7) is 1.95. The van der Waals surface area contributed by atoms with Gasteiger partial charge in [0.15, 0.2) is 0 Å². The van der Waals surface area contributed by atoms with E-state index < -0.39 is 5.82 Å². The molecular weight excluding hydrogens is 477 g/mol. The van der Waals surface area contributed by atoms with Gasteiger partial charge in [-0.3, -0.25) is 0 Å². The fourth-order valence-corrected chi connectivity index (χ4v) is 6.13. The highest BCUT2D eigenvalue weighted by Crippen LogP contribution is 2.48. The highest BCUT2D eigenvalue weighted by molar-refractivity contribution is 7.23. The Bertz CT molecular complexity index is 1510. The van der Waals surface area contributed by atoms with Gasteiger partial charge in [0.1, 0.15) is 23.5 Å². The van der Waals surface area contributed by atoms with E-state index in [9.17, 15) is 9.65 Å². The largest absolute Gasteiger partial charge is 0.475 e. The third-order valence-corrected chi connectivity index (χ3v) is 7.82. The number of hydrogen-bond donors (Lipinski definition) is 1. The van der Waals surface area contributed by atoms with Gasteiger partial charge < -0.3 is 19.9 Å². The van der Waals surface area contributed by atoms with Gasteiger partial charge in [0, 0.05) is 29.0 Å². The first-order valence-electron chi connectivity index (χ1n) is 10.9. The van der Waals surface area contributed by atoms with E-state index in [0.29, 0.717) is 57.5 Å². The molecule has 4 heterocycles. The molecule has 1 fully saturated rings. The summed E-state index contributed by atoms with van der Waals surface area (Å²) in [5.74, 6) is 0.0289. The minimum absolute atomic E-state index is 0.0675. The first kappa shape index (κ1) is 21.6. The van der Waals surface area contributed by atoms with Crippen molar-refractivity contribution in [1.82, 2.24) is 4.98 Å². The number of anilines is 1. The molecule has 0 aliphatic carbocycles. The zero-order valence-electron chi connectivity index (χ0n) is 18.0. The summed E-state index contributed by atoms with van der Waals surface area (Å²) in [7, 11) is 0. The molecule has 9 heteroatoms. The third-order valence-electron chi connectivity index (χ3n) is 6.42.